The number of hydrogen-bond donors (Lipinski definition) is 2. The van der Waals surface area contributed by atoms with Crippen LogP contribution in [0.3, 0.4) is 0 Å². The second kappa shape index (κ2) is 10.9. The first-order valence-corrected chi connectivity index (χ1v) is 10.9. The second-order valence-electron chi connectivity index (χ2n) is 8.03. The molecular formula is C24H26ClFN6O. The van der Waals surface area contributed by atoms with E-state index in [9.17, 15) is 9.18 Å². The van der Waals surface area contributed by atoms with Gasteiger partial charge in [-0.15, -0.1) is 4.99 Å². The quantitative estimate of drug-likeness (QED) is 0.301. The van der Waals surface area contributed by atoms with Gasteiger partial charge in [-0.05, 0) is 55.3 Å². The number of nitrogens with zero attached hydrogens (tertiary/aromatic N) is 4. The number of carbonyl (C=O) groups is 1. The van der Waals surface area contributed by atoms with Crippen molar-refractivity contribution in [2.45, 2.75) is 32.5 Å². The van der Waals surface area contributed by atoms with Crippen LogP contribution in [-0.2, 0) is 11.3 Å². The number of piperazine rings is 1. The number of anilines is 1. The van der Waals surface area contributed by atoms with Crippen molar-refractivity contribution in [3.05, 3.63) is 70.5 Å². The first-order valence-electron chi connectivity index (χ1n) is 10.5. The van der Waals surface area contributed by atoms with Crippen molar-refractivity contribution >= 4 is 35.2 Å². The Kier molecular flexibility index (Phi) is 8.04. The smallest absolute Gasteiger partial charge is 0.246 e. The van der Waals surface area contributed by atoms with Crippen LogP contribution < -0.4 is 11.1 Å². The number of nitriles is 1. The molecule has 1 aliphatic rings. The highest BCUT2D eigenvalue weighted by Crippen LogP contribution is 2.23. The van der Waals surface area contributed by atoms with Crippen LogP contribution in [0.4, 0.5) is 10.1 Å². The highest BCUT2D eigenvalue weighted by Gasteiger charge is 2.31. The standard InChI is InChI=1S/C24H26ClFN6O/c1-16-13-32(17(2)12-31(16)14-18-3-8-21(26)9-4-18)23(33)10-6-19-5-7-20(25)11-22(19)30-24(28)29-15-27/h3-11,16-17H,12-14H2,1-2H3,(H3,28,29,30)/b10-6+/t16-,17+/m0/s1. The summed E-state index contributed by atoms with van der Waals surface area (Å²) < 4.78 is 13.2. The fourth-order valence-corrected chi connectivity index (χ4v) is 3.98. The van der Waals surface area contributed by atoms with Crippen LogP contribution in [0.2, 0.25) is 5.02 Å². The molecule has 0 bridgehead atoms. The number of nitrogens with two attached hydrogens (primary N) is 1. The number of amides is 1. The Balaban J connectivity index is 1.68. The summed E-state index contributed by atoms with van der Waals surface area (Å²) in [5.41, 5.74) is 7.92. The lowest BCUT2D eigenvalue weighted by molar-refractivity contribution is -0.131. The predicted molar refractivity (Wildman–Crippen MR) is 129 cm³/mol. The molecule has 33 heavy (non-hydrogen) atoms. The predicted octanol–water partition coefficient (Wildman–Crippen LogP) is 3.82. The van der Waals surface area contributed by atoms with E-state index in [0.717, 1.165) is 5.56 Å². The third kappa shape index (κ3) is 6.54. The fourth-order valence-electron chi connectivity index (χ4n) is 3.81. The zero-order valence-electron chi connectivity index (χ0n) is 18.5. The van der Waals surface area contributed by atoms with Crippen molar-refractivity contribution in [1.82, 2.24) is 9.80 Å². The average molecular weight is 469 g/mol. The molecule has 9 heteroatoms. The number of hydrogen-bond acceptors (Lipinski definition) is 4. The molecule has 0 unspecified atom stereocenters. The van der Waals surface area contributed by atoms with E-state index in [1.165, 1.54) is 18.2 Å². The summed E-state index contributed by atoms with van der Waals surface area (Å²) in [7, 11) is 0. The Morgan fingerprint density at radius 1 is 1.27 bits per heavy atom. The zero-order chi connectivity index (χ0) is 24.0. The molecule has 2 aromatic rings. The molecule has 1 amide bonds. The Morgan fingerprint density at radius 2 is 2.00 bits per heavy atom. The number of aliphatic imine (C=N–C) groups is 1. The monoisotopic (exact) mass is 468 g/mol. The van der Waals surface area contributed by atoms with Crippen LogP contribution in [0.25, 0.3) is 6.08 Å². The minimum Gasteiger partial charge on any atom is -0.369 e. The van der Waals surface area contributed by atoms with Crippen molar-refractivity contribution in [1.29, 1.82) is 5.26 Å². The molecule has 1 heterocycles. The second-order valence-corrected chi connectivity index (χ2v) is 8.47. The van der Waals surface area contributed by atoms with Gasteiger partial charge in [0.15, 0.2) is 0 Å². The third-order valence-corrected chi connectivity index (χ3v) is 5.79. The van der Waals surface area contributed by atoms with E-state index in [1.54, 1.807) is 42.6 Å². The molecule has 1 saturated heterocycles. The van der Waals surface area contributed by atoms with E-state index >= 15 is 0 Å². The summed E-state index contributed by atoms with van der Waals surface area (Å²) in [5.74, 6) is -0.419. The Bertz CT molecular complexity index is 1100. The van der Waals surface area contributed by atoms with Crippen molar-refractivity contribution in [3.8, 4) is 6.19 Å². The van der Waals surface area contributed by atoms with E-state index in [1.807, 2.05) is 11.8 Å². The van der Waals surface area contributed by atoms with Crippen molar-refractivity contribution in [3.63, 3.8) is 0 Å². The molecule has 3 N–H and O–H groups in total. The Morgan fingerprint density at radius 3 is 2.70 bits per heavy atom. The minimum atomic E-state index is -0.249. The van der Waals surface area contributed by atoms with Gasteiger partial charge >= 0.3 is 0 Å². The Hall–Kier alpha value is -3.41. The molecule has 0 saturated carbocycles. The van der Waals surface area contributed by atoms with Gasteiger partial charge in [-0.3, -0.25) is 9.69 Å². The molecule has 1 aliphatic heterocycles. The van der Waals surface area contributed by atoms with Gasteiger partial charge in [0.25, 0.3) is 0 Å². The average Bonchev–Trinajstić information content (AvgIpc) is 2.77. The van der Waals surface area contributed by atoms with E-state index < -0.39 is 0 Å². The molecule has 2 atom stereocenters. The van der Waals surface area contributed by atoms with E-state index in [2.05, 4.69) is 22.1 Å². The Labute approximate surface area is 198 Å². The highest BCUT2D eigenvalue weighted by molar-refractivity contribution is 6.31. The third-order valence-electron chi connectivity index (χ3n) is 5.55. The molecule has 0 aliphatic carbocycles. The van der Waals surface area contributed by atoms with Gasteiger partial charge in [0, 0.05) is 48.5 Å². The van der Waals surface area contributed by atoms with Gasteiger partial charge in [0.2, 0.25) is 18.1 Å². The lowest BCUT2D eigenvalue weighted by Crippen LogP contribution is -2.57. The first-order chi connectivity index (χ1) is 15.8. The lowest BCUT2D eigenvalue weighted by atomic mass is 10.1. The van der Waals surface area contributed by atoms with Crippen LogP contribution in [0.15, 0.2) is 53.5 Å². The van der Waals surface area contributed by atoms with Crippen LogP contribution >= 0.6 is 11.6 Å². The topological polar surface area (TPSA) is 97.8 Å². The molecule has 7 nitrogen and oxygen atoms in total. The van der Waals surface area contributed by atoms with Gasteiger partial charge in [-0.1, -0.05) is 29.8 Å². The van der Waals surface area contributed by atoms with Crippen molar-refractivity contribution in [2.24, 2.45) is 10.7 Å². The zero-order valence-corrected chi connectivity index (χ0v) is 19.3. The molecule has 0 aromatic heterocycles. The largest absolute Gasteiger partial charge is 0.369 e. The van der Waals surface area contributed by atoms with Crippen molar-refractivity contribution < 1.29 is 9.18 Å². The molecule has 3 rings (SSSR count). The summed E-state index contributed by atoms with van der Waals surface area (Å²) in [6, 6.07) is 11.8. The molecule has 0 radical (unpaired) electrons. The summed E-state index contributed by atoms with van der Waals surface area (Å²) in [4.78, 5) is 20.6. The maximum absolute atomic E-state index is 13.2. The van der Waals surface area contributed by atoms with E-state index in [4.69, 9.17) is 22.6 Å². The summed E-state index contributed by atoms with van der Waals surface area (Å²) >= 11 is 6.07. The number of rotatable bonds is 5. The molecule has 0 spiro atoms. The summed E-state index contributed by atoms with van der Waals surface area (Å²) in [6.45, 7) is 6.10. The summed E-state index contributed by atoms with van der Waals surface area (Å²) in [5, 5.41) is 11.9. The van der Waals surface area contributed by atoms with Crippen LogP contribution in [0, 0.1) is 17.3 Å². The van der Waals surface area contributed by atoms with Crippen LogP contribution in [0.5, 0.6) is 0 Å². The molecule has 1 fully saturated rings. The minimum absolute atomic E-state index is 0.0139. The van der Waals surface area contributed by atoms with E-state index in [-0.39, 0.29) is 29.8 Å². The SMILES string of the molecule is C[C@@H]1CN(Cc2ccc(F)cc2)[C@@H](C)CN1C(=O)/C=C/c1ccc(Cl)cc1N/C(N)=N\C#N. The van der Waals surface area contributed by atoms with Crippen LogP contribution in [0.1, 0.15) is 25.0 Å². The van der Waals surface area contributed by atoms with Gasteiger partial charge in [0.1, 0.15) is 5.82 Å². The molecule has 2 aromatic carbocycles. The summed E-state index contributed by atoms with van der Waals surface area (Å²) in [6.07, 6.45) is 4.82. The van der Waals surface area contributed by atoms with Crippen LogP contribution in [-0.4, -0.2) is 46.8 Å². The van der Waals surface area contributed by atoms with Gasteiger partial charge in [0.05, 0.1) is 0 Å². The number of carbonyl (C=O) groups excluding carboxylic acids is 1. The maximum atomic E-state index is 13.2. The fraction of sp³-hybridized carbons (Fsp3) is 0.292. The molecule has 172 valence electrons. The first kappa shape index (κ1) is 24.2. The molecular weight excluding hydrogens is 443 g/mol. The maximum Gasteiger partial charge on any atom is 0.246 e. The van der Waals surface area contributed by atoms with Gasteiger partial charge < -0.3 is 16.0 Å². The van der Waals surface area contributed by atoms with E-state index in [0.29, 0.717) is 35.9 Å². The lowest BCUT2D eigenvalue weighted by Gasteiger charge is -2.44. The number of guanidine groups is 1. The number of benzene rings is 2. The number of halogens is 2. The normalized spacial score (nSPS) is 19.5. The van der Waals surface area contributed by atoms with Gasteiger partial charge in [-0.25, -0.2) is 4.39 Å². The van der Waals surface area contributed by atoms with Crippen molar-refractivity contribution in [2.75, 3.05) is 18.4 Å². The van der Waals surface area contributed by atoms with Gasteiger partial charge in [-0.2, -0.15) is 5.26 Å². The highest BCUT2D eigenvalue weighted by atomic mass is 35.5. The number of nitrogens with one attached hydrogen (secondary N) is 1.